The summed E-state index contributed by atoms with van der Waals surface area (Å²) in [4.78, 5) is 12.3. The predicted molar refractivity (Wildman–Crippen MR) is 92.7 cm³/mol. The zero-order valence-corrected chi connectivity index (χ0v) is 14.3. The molecule has 22 heavy (non-hydrogen) atoms. The average Bonchev–Trinajstić information content (AvgIpc) is 2.93. The van der Waals surface area contributed by atoms with E-state index in [1.165, 1.54) is 25.7 Å². The molecule has 1 aliphatic carbocycles. The van der Waals surface area contributed by atoms with Crippen LogP contribution in [0.15, 0.2) is 24.3 Å². The Kier molecular flexibility index (Phi) is 6.54. The minimum absolute atomic E-state index is 0. The third kappa shape index (κ3) is 4.15. The lowest BCUT2D eigenvalue weighted by atomic mass is 9.85. The van der Waals surface area contributed by atoms with Crippen molar-refractivity contribution in [2.75, 3.05) is 6.54 Å². The highest BCUT2D eigenvalue weighted by molar-refractivity contribution is 6.31. The summed E-state index contributed by atoms with van der Waals surface area (Å²) < 4.78 is 0. The molecule has 0 spiro atoms. The fourth-order valence-corrected chi connectivity index (χ4v) is 3.90. The fourth-order valence-electron chi connectivity index (χ4n) is 3.67. The van der Waals surface area contributed by atoms with E-state index < -0.39 is 0 Å². The van der Waals surface area contributed by atoms with Gasteiger partial charge in [-0.15, -0.1) is 12.4 Å². The third-order valence-electron chi connectivity index (χ3n) is 4.83. The van der Waals surface area contributed by atoms with Crippen molar-refractivity contribution < 1.29 is 4.79 Å². The first-order valence-electron chi connectivity index (χ1n) is 8.01. The molecule has 1 heterocycles. The van der Waals surface area contributed by atoms with E-state index in [4.69, 9.17) is 11.6 Å². The van der Waals surface area contributed by atoms with Gasteiger partial charge in [-0.1, -0.05) is 42.6 Å². The van der Waals surface area contributed by atoms with Crippen molar-refractivity contribution in [1.82, 2.24) is 10.6 Å². The van der Waals surface area contributed by atoms with Gasteiger partial charge in [0.25, 0.3) is 0 Å². The molecule has 0 radical (unpaired) electrons. The Morgan fingerprint density at radius 1 is 1.27 bits per heavy atom. The summed E-state index contributed by atoms with van der Waals surface area (Å²) >= 11 is 6.12. The second kappa shape index (κ2) is 8.19. The normalized spacial score (nSPS) is 26.9. The molecule has 3 rings (SSSR count). The highest BCUT2D eigenvalue weighted by Gasteiger charge is 2.37. The summed E-state index contributed by atoms with van der Waals surface area (Å²) in [6, 6.07) is 8.38. The molecule has 1 saturated carbocycles. The van der Waals surface area contributed by atoms with E-state index in [0.717, 1.165) is 23.4 Å². The Balaban J connectivity index is 0.00000176. The van der Waals surface area contributed by atoms with Crippen LogP contribution in [0.5, 0.6) is 0 Å². The Labute approximate surface area is 143 Å². The van der Waals surface area contributed by atoms with E-state index in [2.05, 4.69) is 10.6 Å². The monoisotopic (exact) mass is 342 g/mol. The number of carbonyl (C=O) groups is 1. The quantitative estimate of drug-likeness (QED) is 0.880. The number of hydrogen-bond acceptors (Lipinski definition) is 2. The summed E-state index contributed by atoms with van der Waals surface area (Å²) in [6.45, 7) is 0.649. The zero-order valence-electron chi connectivity index (χ0n) is 12.7. The van der Waals surface area contributed by atoms with E-state index in [-0.39, 0.29) is 24.4 Å². The average molecular weight is 343 g/mol. The number of amides is 1. The van der Waals surface area contributed by atoms with E-state index in [1.807, 2.05) is 24.3 Å². The maximum atomic E-state index is 12.3. The van der Waals surface area contributed by atoms with Gasteiger partial charge >= 0.3 is 0 Å². The molecular weight excluding hydrogens is 319 g/mol. The first kappa shape index (κ1) is 17.6. The maximum Gasteiger partial charge on any atom is 0.237 e. The molecule has 3 unspecified atom stereocenters. The van der Waals surface area contributed by atoms with Gasteiger partial charge in [0.2, 0.25) is 5.91 Å². The van der Waals surface area contributed by atoms with Gasteiger partial charge < -0.3 is 10.6 Å². The molecule has 2 aliphatic rings. The second-order valence-electron chi connectivity index (χ2n) is 6.24. The van der Waals surface area contributed by atoms with E-state index >= 15 is 0 Å². The lowest BCUT2D eigenvalue weighted by Crippen LogP contribution is -2.43. The van der Waals surface area contributed by atoms with Crippen LogP contribution in [0.1, 0.15) is 37.7 Å². The molecule has 1 saturated heterocycles. The summed E-state index contributed by atoms with van der Waals surface area (Å²) in [7, 11) is 0. The van der Waals surface area contributed by atoms with Gasteiger partial charge in [-0.05, 0) is 43.2 Å². The first-order chi connectivity index (χ1) is 10.2. The van der Waals surface area contributed by atoms with Crippen LogP contribution in [-0.2, 0) is 11.2 Å². The minimum atomic E-state index is 0. The van der Waals surface area contributed by atoms with E-state index in [9.17, 15) is 4.79 Å². The molecule has 122 valence electrons. The molecule has 3 nitrogen and oxygen atoms in total. The van der Waals surface area contributed by atoms with Gasteiger partial charge in [0, 0.05) is 17.6 Å². The predicted octanol–water partition coefficient (Wildman–Crippen LogP) is 3.34. The van der Waals surface area contributed by atoms with E-state index in [1.54, 1.807) is 0 Å². The highest BCUT2D eigenvalue weighted by atomic mass is 35.5. The highest BCUT2D eigenvalue weighted by Crippen LogP contribution is 2.33. The molecule has 2 fully saturated rings. The SMILES string of the molecule is Cl.O=C(NCCc1ccccc1Cl)C1CC2CCCCC2N1. The van der Waals surface area contributed by atoms with Crippen molar-refractivity contribution in [3.63, 3.8) is 0 Å². The molecule has 1 aromatic rings. The molecule has 2 N–H and O–H groups in total. The Morgan fingerprint density at radius 3 is 2.82 bits per heavy atom. The van der Waals surface area contributed by atoms with Gasteiger partial charge in [0.05, 0.1) is 6.04 Å². The molecular formula is C17H24Cl2N2O. The summed E-state index contributed by atoms with van der Waals surface area (Å²) in [5.74, 6) is 0.856. The third-order valence-corrected chi connectivity index (χ3v) is 5.20. The lowest BCUT2D eigenvalue weighted by molar-refractivity contribution is -0.122. The van der Waals surface area contributed by atoms with Crippen LogP contribution in [0.3, 0.4) is 0 Å². The van der Waals surface area contributed by atoms with Crippen LogP contribution in [0.25, 0.3) is 0 Å². The lowest BCUT2D eigenvalue weighted by Gasteiger charge is -2.24. The zero-order chi connectivity index (χ0) is 14.7. The first-order valence-corrected chi connectivity index (χ1v) is 8.39. The maximum absolute atomic E-state index is 12.3. The molecule has 0 aromatic heterocycles. The largest absolute Gasteiger partial charge is 0.354 e. The summed E-state index contributed by atoms with van der Waals surface area (Å²) in [5, 5.41) is 7.34. The van der Waals surface area contributed by atoms with Crippen molar-refractivity contribution >= 4 is 29.9 Å². The molecule has 5 heteroatoms. The summed E-state index contributed by atoms with van der Waals surface area (Å²) in [6.07, 6.45) is 6.92. The number of fused-ring (bicyclic) bond motifs is 1. The second-order valence-corrected chi connectivity index (χ2v) is 6.65. The van der Waals surface area contributed by atoms with Crippen molar-refractivity contribution in [1.29, 1.82) is 0 Å². The van der Waals surface area contributed by atoms with Crippen molar-refractivity contribution in [2.24, 2.45) is 5.92 Å². The smallest absolute Gasteiger partial charge is 0.237 e. The van der Waals surface area contributed by atoms with Crippen LogP contribution in [0, 0.1) is 5.92 Å². The number of benzene rings is 1. The topological polar surface area (TPSA) is 41.1 Å². The van der Waals surface area contributed by atoms with E-state index in [0.29, 0.717) is 18.5 Å². The molecule has 3 atom stereocenters. The Hall–Kier alpha value is -0.770. The van der Waals surface area contributed by atoms with Gasteiger partial charge in [-0.25, -0.2) is 0 Å². The number of rotatable bonds is 4. The number of halogens is 2. The number of carbonyl (C=O) groups excluding carboxylic acids is 1. The molecule has 1 amide bonds. The van der Waals surface area contributed by atoms with Crippen LogP contribution < -0.4 is 10.6 Å². The molecule has 1 aromatic carbocycles. The fraction of sp³-hybridized carbons (Fsp3) is 0.588. The van der Waals surface area contributed by atoms with Crippen molar-refractivity contribution in [3.8, 4) is 0 Å². The Bertz CT molecular complexity index is 495. The Morgan fingerprint density at radius 2 is 2.05 bits per heavy atom. The molecule has 0 bridgehead atoms. The van der Waals surface area contributed by atoms with Crippen LogP contribution in [0.2, 0.25) is 5.02 Å². The van der Waals surface area contributed by atoms with Gasteiger partial charge in [0.1, 0.15) is 0 Å². The van der Waals surface area contributed by atoms with Crippen LogP contribution in [0.4, 0.5) is 0 Å². The van der Waals surface area contributed by atoms with Gasteiger partial charge in [0.15, 0.2) is 0 Å². The minimum Gasteiger partial charge on any atom is -0.354 e. The van der Waals surface area contributed by atoms with Gasteiger partial charge in [-0.3, -0.25) is 4.79 Å². The van der Waals surface area contributed by atoms with Crippen molar-refractivity contribution in [2.45, 2.75) is 50.6 Å². The standard InChI is InChI=1S/C17H23ClN2O.ClH/c18-14-7-3-1-5-12(14)9-10-19-17(21)16-11-13-6-2-4-8-15(13)20-16;/h1,3,5,7,13,15-16,20H,2,4,6,8-11H2,(H,19,21);1H. The van der Waals surface area contributed by atoms with Crippen LogP contribution in [-0.4, -0.2) is 24.5 Å². The number of hydrogen-bond donors (Lipinski definition) is 2. The summed E-state index contributed by atoms with van der Waals surface area (Å²) in [5.41, 5.74) is 1.09. The number of nitrogens with one attached hydrogen (secondary N) is 2. The van der Waals surface area contributed by atoms with Gasteiger partial charge in [-0.2, -0.15) is 0 Å². The molecule has 1 aliphatic heterocycles. The van der Waals surface area contributed by atoms with Crippen LogP contribution >= 0.6 is 24.0 Å². The van der Waals surface area contributed by atoms with Crippen molar-refractivity contribution in [3.05, 3.63) is 34.9 Å².